The Morgan fingerprint density at radius 2 is 1.67 bits per heavy atom. The molecule has 0 fully saturated rings. The molecule has 0 amide bonds. The van der Waals surface area contributed by atoms with Crippen LogP contribution in [0, 0.1) is 0 Å². The van der Waals surface area contributed by atoms with Crippen molar-refractivity contribution in [2.45, 2.75) is 51.6 Å². The Balaban J connectivity index is 1.85. The molecule has 0 unspecified atom stereocenters. The lowest BCUT2D eigenvalue weighted by molar-refractivity contribution is -0.137. The van der Waals surface area contributed by atoms with Crippen LogP contribution in [0.4, 0.5) is 13.2 Å². The van der Waals surface area contributed by atoms with Crippen molar-refractivity contribution in [2.24, 2.45) is 0 Å². The molecule has 0 saturated heterocycles. The van der Waals surface area contributed by atoms with Gasteiger partial charge in [-0.1, -0.05) is 48.8 Å². The monoisotopic (exact) mass is 540 g/mol. The zero-order valence-electron chi connectivity index (χ0n) is 19.3. The standard InChI is InChI=1S/C24H28BrF3N2O2Si/c1-23(2,3)33(4,5)31-14-13-30-22(16-21(29-30)17-7-6-8-19(25)15-17)32-20-11-9-18(10-12-20)24(26,27)28/h6-12,15-16H,13-14H2,1-5H3. The molecular weight excluding hydrogens is 513 g/mol. The Bertz CT molecular complexity index is 1090. The second kappa shape index (κ2) is 9.64. The number of ether oxygens (including phenoxy) is 1. The summed E-state index contributed by atoms with van der Waals surface area (Å²) in [5.41, 5.74) is 0.872. The molecule has 1 heterocycles. The van der Waals surface area contributed by atoms with Crippen molar-refractivity contribution in [3.05, 3.63) is 64.6 Å². The minimum atomic E-state index is -4.39. The molecule has 0 radical (unpaired) electrons. The van der Waals surface area contributed by atoms with Crippen LogP contribution in [-0.4, -0.2) is 24.7 Å². The molecule has 1 aromatic heterocycles. The lowest BCUT2D eigenvalue weighted by atomic mass is 10.2. The number of hydrogen-bond donors (Lipinski definition) is 0. The molecule has 0 spiro atoms. The van der Waals surface area contributed by atoms with E-state index in [1.165, 1.54) is 12.1 Å². The van der Waals surface area contributed by atoms with Crippen LogP contribution >= 0.6 is 15.9 Å². The summed E-state index contributed by atoms with van der Waals surface area (Å²) in [5.74, 6) is 0.735. The molecule has 0 bridgehead atoms. The fourth-order valence-electron chi connectivity index (χ4n) is 2.87. The van der Waals surface area contributed by atoms with Crippen molar-refractivity contribution >= 4 is 24.2 Å². The van der Waals surface area contributed by atoms with E-state index in [0.29, 0.717) is 30.5 Å². The van der Waals surface area contributed by atoms with E-state index in [1.54, 1.807) is 10.7 Å². The van der Waals surface area contributed by atoms with Crippen LogP contribution in [0.15, 0.2) is 59.1 Å². The van der Waals surface area contributed by atoms with Gasteiger partial charge in [-0.2, -0.15) is 18.3 Å². The number of hydrogen-bond acceptors (Lipinski definition) is 3. The summed E-state index contributed by atoms with van der Waals surface area (Å²) < 4.78 is 53.5. The molecule has 9 heteroatoms. The Hall–Kier alpha value is -2.10. The van der Waals surface area contributed by atoms with Gasteiger partial charge in [0.2, 0.25) is 5.88 Å². The van der Waals surface area contributed by atoms with Crippen LogP contribution in [0.2, 0.25) is 18.1 Å². The third-order valence-corrected chi connectivity index (χ3v) is 10.9. The zero-order chi connectivity index (χ0) is 24.4. The molecule has 2 aromatic carbocycles. The predicted octanol–water partition coefficient (Wildman–Crippen LogP) is 8.15. The minimum absolute atomic E-state index is 0.0815. The number of benzene rings is 2. The van der Waals surface area contributed by atoms with E-state index in [4.69, 9.17) is 9.16 Å². The summed E-state index contributed by atoms with van der Waals surface area (Å²) in [6.07, 6.45) is -4.39. The summed E-state index contributed by atoms with van der Waals surface area (Å²) in [6.45, 7) is 11.8. The number of nitrogens with zero attached hydrogens (tertiary/aromatic N) is 2. The first-order chi connectivity index (χ1) is 15.3. The van der Waals surface area contributed by atoms with Gasteiger partial charge < -0.3 is 9.16 Å². The average Bonchev–Trinajstić information content (AvgIpc) is 3.09. The van der Waals surface area contributed by atoms with Gasteiger partial charge in [0, 0.05) is 16.1 Å². The average molecular weight is 541 g/mol. The minimum Gasteiger partial charge on any atom is -0.439 e. The van der Waals surface area contributed by atoms with Crippen LogP contribution in [0.5, 0.6) is 11.6 Å². The zero-order valence-corrected chi connectivity index (χ0v) is 21.9. The van der Waals surface area contributed by atoms with Crippen LogP contribution in [0.25, 0.3) is 11.3 Å². The quantitative estimate of drug-likeness (QED) is 0.283. The van der Waals surface area contributed by atoms with Crippen LogP contribution in [0.1, 0.15) is 26.3 Å². The summed E-state index contributed by atoms with van der Waals surface area (Å²) >= 11 is 3.47. The molecule has 0 aliphatic rings. The van der Waals surface area contributed by atoms with Crippen molar-refractivity contribution in [1.82, 2.24) is 9.78 Å². The van der Waals surface area contributed by atoms with Crippen molar-refractivity contribution in [3.8, 4) is 22.9 Å². The summed E-state index contributed by atoms with van der Waals surface area (Å²) in [5, 5.41) is 4.76. The van der Waals surface area contributed by atoms with Crippen LogP contribution < -0.4 is 4.74 Å². The largest absolute Gasteiger partial charge is 0.439 e. The van der Waals surface area contributed by atoms with Gasteiger partial charge in [0.1, 0.15) is 5.75 Å². The third kappa shape index (κ3) is 6.49. The molecule has 3 rings (SSSR count). The van der Waals surface area contributed by atoms with E-state index in [-0.39, 0.29) is 5.04 Å². The Morgan fingerprint density at radius 3 is 2.24 bits per heavy atom. The molecule has 0 aliphatic heterocycles. The lowest BCUT2D eigenvalue weighted by Crippen LogP contribution is -2.41. The smallest absolute Gasteiger partial charge is 0.416 e. The topological polar surface area (TPSA) is 36.3 Å². The molecule has 4 nitrogen and oxygen atoms in total. The van der Waals surface area contributed by atoms with Gasteiger partial charge in [0.15, 0.2) is 8.32 Å². The van der Waals surface area contributed by atoms with Crippen molar-refractivity contribution in [2.75, 3.05) is 6.61 Å². The van der Waals surface area contributed by atoms with Crippen molar-refractivity contribution < 1.29 is 22.3 Å². The fraction of sp³-hybridized carbons (Fsp3) is 0.375. The predicted molar refractivity (Wildman–Crippen MR) is 130 cm³/mol. The molecule has 178 valence electrons. The Kier molecular flexibility index (Phi) is 7.45. The van der Waals surface area contributed by atoms with E-state index in [0.717, 1.165) is 22.2 Å². The molecule has 0 N–H and O–H groups in total. The van der Waals surface area contributed by atoms with Crippen molar-refractivity contribution in [1.29, 1.82) is 0 Å². The van der Waals surface area contributed by atoms with Gasteiger partial charge in [-0.05, 0) is 54.5 Å². The first-order valence-electron chi connectivity index (χ1n) is 10.6. The maximum absolute atomic E-state index is 12.9. The van der Waals surface area contributed by atoms with Gasteiger partial charge in [-0.25, -0.2) is 4.68 Å². The second-order valence-corrected chi connectivity index (χ2v) is 15.1. The molecule has 3 aromatic rings. The first-order valence-corrected chi connectivity index (χ1v) is 14.3. The second-order valence-electron chi connectivity index (χ2n) is 9.33. The van der Waals surface area contributed by atoms with E-state index in [9.17, 15) is 13.2 Å². The third-order valence-electron chi connectivity index (χ3n) is 5.84. The van der Waals surface area contributed by atoms with E-state index in [2.05, 4.69) is 54.9 Å². The number of rotatable bonds is 7. The van der Waals surface area contributed by atoms with Gasteiger partial charge >= 0.3 is 6.18 Å². The van der Waals surface area contributed by atoms with Crippen molar-refractivity contribution in [3.63, 3.8) is 0 Å². The van der Waals surface area contributed by atoms with Gasteiger partial charge in [-0.3, -0.25) is 0 Å². The van der Waals surface area contributed by atoms with Crippen LogP contribution in [-0.2, 0) is 17.1 Å². The fourth-order valence-corrected chi connectivity index (χ4v) is 4.30. The first kappa shape index (κ1) is 25.5. The Morgan fingerprint density at radius 1 is 1.00 bits per heavy atom. The summed E-state index contributed by atoms with van der Waals surface area (Å²) in [4.78, 5) is 0. The highest BCUT2D eigenvalue weighted by Crippen LogP contribution is 2.37. The molecular formula is C24H28BrF3N2O2Si. The summed E-state index contributed by atoms with van der Waals surface area (Å²) in [6, 6.07) is 14.1. The normalized spacial score (nSPS) is 12.8. The van der Waals surface area contributed by atoms with E-state index in [1.807, 2.05) is 24.3 Å². The molecule has 0 saturated carbocycles. The number of halogens is 4. The maximum Gasteiger partial charge on any atom is 0.416 e. The molecule has 0 atom stereocenters. The van der Waals surface area contributed by atoms with Crippen LogP contribution in [0.3, 0.4) is 0 Å². The SMILES string of the molecule is CC(C)(C)[Si](C)(C)OCCn1nc(-c2cccc(Br)c2)cc1Oc1ccc(C(F)(F)F)cc1. The lowest BCUT2D eigenvalue weighted by Gasteiger charge is -2.36. The van der Waals surface area contributed by atoms with E-state index < -0.39 is 20.1 Å². The highest BCUT2D eigenvalue weighted by molar-refractivity contribution is 9.10. The Labute approximate surface area is 202 Å². The summed E-state index contributed by atoms with van der Waals surface area (Å²) in [7, 11) is -1.93. The molecule has 33 heavy (non-hydrogen) atoms. The molecule has 0 aliphatic carbocycles. The van der Waals surface area contributed by atoms with E-state index >= 15 is 0 Å². The van der Waals surface area contributed by atoms with Gasteiger partial charge in [0.05, 0.1) is 24.4 Å². The number of aromatic nitrogens is 2. The maximum atomic E-state index is 12.9. The van der Waals surface area contributed by atoms with Gasteiger partial charge in [0.25, 0.3) is 0 Å². The highest BCUT2D eigenvalue weighted by atomic mass is 79.9. The highest BCUT2D eigenvalue weighted by Gasteiger charge is 2.37. The number of alkyl halides is 3. The van der Waals surface area contributed by atoms with Gasteiger partial charge in [-0.15, -0.1) is 0 Å².